The first-order chi connectivity index (χ1) is 13.4. The number of halogens is 1. The van der Waals surface area contributed by atoms with Gasteiger partial charge in [0.15, 0.2) is 12.0 Å². The number of amides is 1. The predicted octanol–water partition coefficient (Wildman–Crippen LogP) is 4.11. The minimum atomic E-state index is -0.899. The molecule has 6 nitrogen and oxygen atoms in total. The van der Waals surface area contributed by atoms with Gasteiger partial charge in [-0.3, -0.25) is 9.59 Å². The number of rotatable bonds is 5. The molecule has 28 heavy (non-hydrogen) atoms. The molecule has 0 atom stereocenters. The van der Waals surface area contributed by atoms with Gasteiger partial charge < -0.3 is 14.5 Å². The van der Waals surface area contributed by atoms with Crippen LogP contribution in [0.1, 0.15) is 28.6 Å². The van der Waals surface area contributed by atoms with Gasteiger partial charge in [-0.2, -0.15) is 0 Å². The van der Waals surface area contributed by atoms with Crippen LogP contribution >= 0.6 is 11.6 Å². The summed E-state index contributed by atoms with van der Waals surface area (Å²) in [5, 5.41) is 3.40. The number of carbonyl (C=O) groups is 2. The van der Waals surface area contributed by atoms with Gasteiger partial charge in [0.05, 0.1) is 5.39 Å². The third-order valence-electron chi connectivity index (χ3n) is 4.23. The molecular formula is C21H18ClNO5. The van der Waals surface area contributed by atoms with Crippen molar-refractivity contribution in [3.05, 3.63) is 74.6 Å². The second-order valence-electron chi connectivity index (χ2n) is 6.20. The van der Waals surface area contributed by atoms with Crippen molar-refractivity contribution in [1.82, 2.24) is 0 Å². The zero-order valence-corrected chi connectivity index (χ0v) is 16.1. The van der Waals surface area contributed by atoms with Crippen molar-refractivity contribution in [2.75, 3.05) is 11.9 Å². The van der Waals surface area contributed by atoms with E-state index < -0.39 is 23.9 Å². The summed E-state index contributed by atoms with van der Waals surface area (Å²) < 4.78 is 10.4. The molecule has 0 saturated carbocycles. The molecule has 1 N–H and O–H groups in total. The maximum absolute atomic E-state index is 12.2. The van der Waals surface area contributed by atoms with Crippen LogP contribution in [0.25, 0.3) is 11.0 Å². The molecular weight excluding hydrogens is 382 g/mol. The average molecular weight is 400 g/mol. The lowest BCUT2D eigenvalue weighted by Gasteiger charge is -2.13. The second kappa shape index (κ2) is 8.27. The van der Waals surface area contributed by atoms with Crippen LogP contribution in [0.5, 0.6) is 0 Å². The van der Waals surface area contributed by atoms with Gasteiger partial charge in [0.2, 0.25) is 5.76 Å². The molecule has 0 aliphatic rings. The van der Waals surface area contributed by atoms with Crippen molar-refractivity contribution >= 4 is 40.1 Å². The van der Waals surface area contributed by atoms with Crippen LogP contribution in [0.2, 0.25) is 5.02 Å². The highest BCUT2D eigenvalue weighted by molar-refractivity contribution is 6.31. The van der Waals surface area contributed by atoms with E-state index in [2.05, 4.69) is 5.32 Å². The minimum Gasteiger partial charge on any atom is -0.450 e. The third kappa shape index (κ3) is 4.23. The molecule has 0 bridgehead atoms. The van der Waals surface area contributed by atoms with Crippen LogP contribution in [0.3, 0.4) is 0 Å². The van der Waals surface area contributed by atoms with E-state index in [0.29, 0.717) is 10.7 Å². The molecule has 2 aromatic carbocycles. The molecule has 0 fully saturated rings. The highest BCUT2D eigenvalue weighted by atomic mass is 35.5. The van der Waals surface area contributed by atoms with E-state index in [0.717, 1.165) is 23.6 Å². The molecule has 1 amide bonds. The fourth-order valence-electron chi connectivity index (χ4n) is 2.81. The van der Waals surface area contributed by atoms with E-state index in [-0.39, 0.29) is 16.7 Å². The van der Waals surface area contributed by atoms with Gasteiger partial charge in [-0.1, -0.05) is 36.7 Å². The fourth-order valence-corrected chi connectivity index (χ4v) is 2.98. The lowest BCUT2D eigenvalue weighted by atomic mass is 10.1. The number of para-hydroxylation sites is 1. The lowest BCUT2D eigenvalue weighted by molar-refractivity contribution is -0.119. The topological polar surface area (TPSA) is 85.6 Å². The molecule has 0 aliphatic carbocycles. The Morgan fingerprint density at radius 3 is 2.71 bits per heavy atom. The Balaban J connectivity index is 1.71. The number of anilines is 1. The molecule has 1 heterocycles. The summed E-state index contributed by atoms with van der Waals surface area (Å²) in [5.41, 5.74) is 2.39. The molecule has 1 aromatic heterocycles. The van der Waals surface area contributed by atoms with Crippen LogP contribution in [0.4, 0.5) is 5.69 Å². The predicted molar refractivity (Wildman–Crippen MR) is 107 cm³/mol. The number of esters is 1. The minimum absolute atomic E-state index is 0.209. The van der Waals surface area contributed by atoms with Crippen LogP contribution < -0.4 is 10.7 Å². The molecule has 3 rings (SSSR count). The summed E-state index contributed by atoms with van der Waals surface area (Å²) in [5.74, 6) is -1.66. The maximum Gasteiger partial charge on any atom is 0.374 e. The number of carbonyl (C=O) groups excluding carboxylic acids is 2. The van der Waals surface area contributed by atoms with Crippen molar-refractivity contribution in [1.29, 1.82) is 0 Å². The largest absolute Gasteiger partial charge is 0.450 e. The fraction of sp³-hybridized carbons (Fsp3) is 0.190. The van der Waals surface area contributed by atoms with E-state index in [1.54, 1.807) is 6.07 Å². The Kier molecular flexibility index (Phi) is 5.80. The van der Waals surface area contributed by atoms with E-state index in [1.807, 2.05) is 32.0 Å². The van der Waals surface area contributed by atoms with E-state index in [1.165, 1.54) is 12.1 Å². The Hall–Kier alpha value is -3.12. The van der Waals surface area contributed by atoms with Gasteiger partial charge in [0, 0.05) is 16.8 Å². The summed E-state index contributed by atoms with van der Waals surface area (Å²) in [6, 6.07) is 11.2. The smallest absolute Gasteiger partial charge is 0.374 e. The van der Waals surface area contributed by atoms with Gasteiger partial charge >= 0.3 is 5.97 Å². The Bertz CT molecular complexity index is 1120. The normalized spacial score (nSPS) is 10.7. The molecule has 3 aromatic rings. The van der Waals surface area contributed by atoms with Gasteiger partial charge in [-0.15, -0.1) is 0 Å². The van der Waals surface area contributed by atoms with Crippen molar-refractivity contribution < 1.29 is 18.7 Å². The number of hydrogen-bond acceptors (Lipinski definition) is 5. The Morgan fingerprint density at radius 1 is 1.18 bits per heavy atom. The van der Waals surface area contributed by atoms with Crippen molar-refractivity contribution in [3.63, 3.8) is 0 Å². The Morgan fingerprint density at radius 2 is 1.96 bits per heavy atom. The van der Waals surface area contributed by atoms with E-state index in [4.69, 9.17) is 20.8 Å². The van der Waals surface area contributed by atoms with Gasteiger partial charge in [0.25, 0.3) is 5.91 Å². The van der Waals surface area contributed by atoms with Crippen molar-refractivity contribution in [3.8, 4) is 0 Å². The summed E-state index contributed by atoms with van der Waals surface area (Å²) in [6.45, 7) is 3.37. The third-order valence-corrected chi connectivity index (χ3v) is 4.46. The summed E-state index contributed by atoms with van der Waals surface area (Å²) in [4.78, 5) is 36.5. The number of hydrogen-bond donors (Lipinski definition) is 1. The summed E-state index contributed by atoms with van der Waals surface area (Å²) in [6.07, 6.45) is 0.753. The summed E-state index contributed by atoms with van der Waals surface area (Å²) in [7, 11) is 0. The number of nitrogens with one attached hydrogen (secondary N) is 1. The van der Waals surface area contributed by atoms with Crippen molar-refractivity contribution in [2.24, 2.45) is 0 Å². The Labute approximate surface area is 166 Å². The summed E-state index contributed by atoms with van der Waals surface area (Å²) >= 11 is 5.86. The second-order valence-corrected chi connectivity index (χ2v) is 6.64. The standard InChI is InChI=1S/C21H18ClNO5/c1-3-13-6-4-5-12(2)20(13)23-19(25)11-27-21(26)18-10-16(24)15-9-14(22)7-8-17(15)28-18/h4-10H,3,11H2,1-2H3,(H,23,25). The SMILES string of the molecule is CCc1cccc(C)c1NC(=O)COC(=O)c1cc(=O)c2cc(Cl)ccc2o1. The molecule has 7 heteroatoms. The maximum atomic E-state index is 12.2. The quantitative estimate of drug-likeness (QED) is 0.652. The molecule has 0 saturated heterocycles. The molecule has 0 radical (unpaired) electrons. The van der Waals surface area contributed by atoms with E-state index >= 15 is 0 Å². The first-order valence-electron chi connectivity index (χ1n) is 8.68. The molecule has 0 unspecified atom stereocenters. The molecule has 0 spiro atoms. The first kappa shape index (κ1) is 19.6. The van der Waals surface area contributed by atoms with Crippen LogP contribution in [0.15, 0.2) is 51.7 Å². The zero-order valence-electron chi connectivity index (χ0n) is 15.4. The van der Waals surface area contributed by atoms with Crippen LogP contribution in [0, 0.1) is 6.92 Å². The average Bonchev–Trinajstić information content (AvgIpc) is 2.68. The van der Waals surface area contributed by atoms with Gasteiger partial charge in [-0.05, 0) is 42.7 Å². The van der Waals surface area contributed by atoms with Crippen LogP contribution in [-0.4, -0.2) is 18.5 Å². The lowest BCUT2D eigenvalue weighted by Crippen LogP contribution is -2.22. The van der Waals surface area contributed by atoms with Crippen molar-refractivity contribution in [2.45, 2.75) is 20.3 Å². The number of ether oxygens (including phenoxy) is 1. The van der Waals surface area contributed by atoms with Gasteiger partial charge in [0.1, 0.15) is 5.58 Å². The number of benzene rings is 2. The zero-order chi connectivity index (χ0) is 20.3. The van der Waals surface area contributed by atoms with E-state index in [9.17, 15) is 14.4 Å². The number of aryl methyl sites for hydroxylation is 2. The monoisotopic (exact) mass is 399 g/mol. The molecule has 144 valence electrons. The van der Waals surface area contributed by atoms with Crippen LogP contribution in [-0.2, 0) is 16.0 Å². The first-order valence-corrected chi connectivity index (χ1v) is 9.05. The number of fused-ring (bicyclic) bond motifs is 1. The molecule has 0 aliphatic heterocycles. The highest BCUT2D eigenvalue weighted by Crippen LogP contribution is 2.21. The van der Waals surface area contributed by atoms with Gasteiger partial charge in [-0.25, -0.2) is 4.79 Å². The highest BCUT2D eigenvalue weighted by Gasteiger charge is 2.16.